The Balaban J connectivity index is 2.93. The summed E-state index contributed by atoms with van der Waals surface area (Å²) in [6.07, 6.45) is 0.703. The van der Waals surface area contributed by atoms with Crippen LogP contribution in [0, 0.1) is 0 Å². The van der Waals surface area contributed by atoms with Crippen LogP contribution in [0.5, 0.6) is 5.75 Å². The first kappa shape index (κ1) is 13.6. The molecule has 0 fully saturated rings. The van der Waals surface area contributed by atoms with E-state index >= 15 is 0 Å². The average Bonchev–Trinajstić information content (AvgIpc) is 2.35. The van der Waals surface area contributed by atoms with E-state index in [4.69, 9.17) is 9.84 Å². The maximum atomic E-state index is 11.0. The zero-order valence-corrected chi connectivity index (χ0v) is 10.6. The number of hydrogen-bond acceptors (Lipinski definition) is 2. The molecular weight excluding hydrogens is 216 g/mol. The summed E-state index contributed by atoms with van der Waals surface area (Å²) in [7, 11) is 0. The van der Waals surface area contributed by atoms with E-state index in [9.17, 15) is 4.79 Å². The van der Waals surface area contributed by atoms with Crippen LogP contribution in [0.4, 0.5) is 0 Å². The molecule has 0 aliphatic carbocycles. The van der Waals surface area contributed by atoms with Crippen molar-refractivity contribution in [2.75, 3.05) is 0 Å². The molecule has 0 aliphatic rings. The second kappa shape index (κ2) is 6.28. The normalized spacial score (nSPS) is 14.1. The predicted octanol–water partition coefficient (Wildman–Crippen LogP) is 3.44. The Morgan fingerprint density at radius 3 is 2.47 bits per heavy atom. The molecule has 0 aliphatic heterocycles. The van der Waals surface area contributed by atoms with E-state index in [0.717, 1.165) is 12.0 Å². The third-order valence-corrected chi connectivity index (χ3v) is 2.98. The van der Waals surface area contributed by atoms with Crippen molar-refractivity contribution in [2.45, 2.75) is 45.6 Å². The highest BCUT2D eigenvalue weighted by Gasteiger charge is 2.19. The van der Waals surface area contributed by atoms with Gasteiger partial charge in [0.25, 0.3) is 0 Å². The molecule has 3 nitrogen and oxygen atoms in total. The predicted molar refractivity (Wildman–Crippen MR) is 67.5 cm³/mol. The van der Waals surface area contributed by atoms with Gasteiger partial charge in [0.2, 0.25) is 0 Å². The molecule has 0 spiro atoms. The lowest BCUT2D eigenvalue weighted by Gasteiger charge is -2.19. The molecular formula is C14H20O3. The first-order valence-corrected chi connectivity index (χ1v) is 6.08. The Morgan fingerprint density at radius 1 is 1.29 bits per heavy atom. The second-order valence-electron chi connectivity index (χ2n) is 4.20. The van der Waals surface area contributed by atoms with Crippen LogP contribution in [0.15, 0.2) is 24.3 Å². The van der Waals surface area contributed by atoms with Gasteiger partial charge >= 0.3 is 5.97 Å². The molecule has 0 unspecified atom stereocenters. The third-order valence-electron chi connectivity index (χ3n) is 2.98. The highest BCUT2D eigenvalue weighted by atomic mass is 16.5. The van der Waals surface area contributed by atoms with E-state index in [1.54, 1.807) is 0 Å². The van der Waals surface area contributed by atoms with Crippen molar-refractivity contribution in [3.05, 3.63) is 29.8 Å². The smallest absolute Gasteiger partial charge is 0.344 e. The number of benzene rings is 1. The molecule has 1 rings (SSSR count). The van der Waals surface area contributed by atoms with Crippen LogP contribution in [0.2, 0.25) is 0 Å². The number of ether oxygens (including phenoxy) is 1. The van der Waals surface area contributed by atoms with E-state index in [0.29, 0.717) is 18.1 Å². The number of carboxylic acids is 1. The summed E-state index contributed by atoms with van der Waals surface area (Å²) in [5.74, 6) is 0.153. The molecule has 0 aromatic heterocycles. The van der Waals surface area contributed by atoms with Gasteiger partial charge < -0.3 is 9.84 Å². The second-order valence-corrected chi connectivity index (χ2v) is 4.20. The van der Waals surface area contributed by atoms with Gasteiger partial charge in [-0.1, -0.05) is 39.0 Å². The van der Waals surface area contributed by atoms with Crippen molar-refractivity contribution >= 4 is 5.97 Å². The lowest BCUT2D eigenvalue weighted by Crippen LogP contribution is -2.26. The molecule has 0 saturated heterocycles. The maximum absolute atomic E-state index is 11.0. The van der Waals surface area contributed by atoms with E-state index in [2.05, 4.69) is 13.8 Å². The van der Waals surface area contributed by atoms with Crippen molar-refractivity contribution < 1.29 is 14.6 Å². The zero-order chi connectivity index (χ0) is 12.8. The van der Waals surface area contributed by atoms with Crippen molar-refractivity contribution in [3.8, 4) is 5.75 Å². The molecule has 0 amide bonds. The summed E-state index contributed by atoms with van der Waals surface area (Å²) < 4.78 is 5.58. The molecule has 1 aromatic rings. The van der Waals surface area contributed by atoms with E-state index in [-0.39, 0.29) is 0 Å². The Bertz CT molecular complexity index is 373. The summed E-state index contributed by atoms with van der Waals surface area (Å²) in [6.45, 7) is 6.03. The molecule has 0 heterocycles. The molecule has 0 saturated carbocycles. The van der Waals surface area contributed by atoms with Crippen LogP contribution < -0.4 is 4.74 Å². The fraction of sp³-hybridized carbons (Fsp3) is 0.500. The van der Waals surface area contributed by atoms with Gasteiger partial charge in [0.15, 0.2) is 6.10 Å². The Hall–Kier alpha value is -1.51. The van der Waals surface area contributed by atoms with Gasteiger partial charge in [-0.25, -0.2) is 4.79 Å². The van der Waals surface area contributed by atoms with Crippen LogP contribution >= 0.6 is 0 Å². The summed E-state index contributed by atoms with van der Waals surface area (Å²) in [5.41, 5.74) is 1.08. The maximum Gasteiger partial charge on any atom is 0.344 e. The van der Waals surface area contributed by atoms with Gasteiger partial charge in [-0.2, -0.15) is 0 Å². The molecule has 17 heavy (non-hydrogen) atoms. The quantitative estimate of drug-likeness (QED) is 0.823. The number of carboxylic acid groups (broad SMARTS) is 1. The summed E-state index contributed by atoms with van der Waals surface area (Å²) in [6, 6.07) is 7.66. The average molecular weight is 236 g/mol. The highest BCUT2D eigenvalue weighted by Crippen LogP contribution is 2.29. The van der Waals surface area contributed by atoms with Crippen molar-refractivity contribution in [2.24, 2.45) is 0 Å². The molecule has 0 radical (unpaired) electrons. The summed E-state index contributed by atoms with van der Waals surface area (Å²) in [5, 5.41) is 9.00. The fourth-order valence-corrected chi connectivity index (χ4v) is 1.68. The number of hydrogen-bond donors (Lipinski definition) is 1. The first-order valence-electron chi connectivity index (χ1n) is 6.08. The topological polar surface area (TPSA) is 46.5 Å². The Kier molecular flexibility index (Phi) is 5.01. The Labute approximate surface area is 102 Å². The summed E-state index contributed by atoms with van der Waals surface area (Å²) in [4.78, 5) is 11.0. The van der Waals surface area contributed by atoms with Crippen LogP contribution in [0.3, 0.4) is 0 Å². The van der Waals surface area contributed by atoms with Crippen LogP contribution in [0.1, 0.15) is 45.1 Å². The van der Waals surface area contributed by atoms with Gasteiger partial charge in [-0.15, -0.1) is 0 Å². The largest absolute Gasteiger partial charge is 0.479 e. The minimum Gasteiger partial charge on any atom is -0.479 e. The SMILES string of the molecule is CC[C@@H](C)c1ccccc1O[C@H](CC)C(=O)O. The van der Waals surface area contributed by atoms with Gasteiger partial charge in [0, 0.05) is 0 Å². The van der Waals surface area contributed by atoms with Gasteiger partial charge in [0.1, 0.15) is 5.75 Å². The van der Waals surface area contributed by atoms with Crippen molar-refractivity contribution in [3.63, 3.8) is 0 Å². The van der Waals surface area contributed by atoms with Crippen molar-refractivity contribution in [1.82, 2.24) is 0 Å². The lowest BCUT2D eigenvalue weighted by molar-refractivity contribution is -0.145. The fourth-order valence-electron chi connectivity index (χ4n) is 1.68. The zero-order valence-electron chi connectivity index (χ0n) is 10.6. The molecule has 94 valence electrons. The molecule has 3 heteroatoms. The number of para-hydroxylation sites is 1. The van der Waals surface area contributed by atoms with E-state index < -0.39 is 12.1 Å². The number of rotatable bonds is 6. The summed E-state index contributed by atoms with van der Waals surface area (Å²) >= 11 is 0. The molecule has 2 atom stereocenters. The first-order chi connectivity index (χ1) is 8.10. The van der Waals surface area contributed by atoms with Gasteiger partial charge in [-0.3, -0.25) is 0 Å². The van der Waals surface area contributed by atoms with Crippen LogP contribution in [0.25, 0.3) is 0 Å². The third kappa shape index (κ3) is 3.48. The minimum atomic E-state index is -0.911. The van der Waals surface area contributed by atoms with Gasteiger partial charge in [-0.05, 0) is 30.4 Å². The monoisotopic (exact) mass is 236 g/mol. The molecule has 0 bridgehead atoms. The van der Waals surface area contributed by atoms with Crippen molar-refractivity contribution in [1.29, 1.82) is 0 Å². The number of carbonyl (C=O) groups is 1. The molecule has 1 N–H and O–H groups in total. The number of aliphatic carboxylic acids is 1. The van der Waals surface area contributed by atoms with Gasteiger partial charge in [0.05, 0.1) is 0 Å². The standard InChI is InChI=1S/C14H20O3/c1-4-10(3)11-8-6-7-9-13(11)17-12(5-2)14(15)16/h6-10,12H,4-5H2,1-3H3,(H,15,16)/t10-,12-/m1/s1. The van der Waals surface area contributed by atoms with E-state index in [1.165, 1.54) is 0 Å². The lowest BCUT2D eigenvalue weighted by atomic mass is 9.98. The Morgan fingerprint density at radius 2 is 1.94 bits per heavy atom. The van der Waals surface area contributed by atoms with E-state index in [1.807, 2.05) is 31.2 Å². The minimum absolute atomic E-state index is 0.373. The van der Waals surface area contributed by atoms with Crippen LogP contribution in [-0.4, -0.2) is 17.2 Å². The van der Waals surface area contributed by atoms with Crippen LogP contribution in [-0.2, 0) is 4.79 Å². The molecule has 1 aromatic carbocycles. The highest BCUT2D eigenvalue weighted by molar-refractivity contribution is 5.72.